The Bertz CT molecular complexity index is 624. The Morgan fingerprint density at radius 1 is 1.14 bits per heavy atom. The standard InChI is InChI=1S/C14H9ClF3NO2/c15-12(20)7-9-1-4-11(5-2-9)21-13-6-3-10(8-19-13)14(16,17)18/h1-6,8H,7H2. The summed E-state index contributed by atoms with van der Waals surface area (Å²) in [6, 6.07) is 8.46. The first kappa shape index (κ1) is 15.3. The van der Waals surface area contributed by atoms with Gasteiger partial charge < -0.3 is 4.74 Å². The fourth-order valence-corrected chi connectivity index (χ4v) is 1.72. The van der Waals surface area contributed by atoms with Crippen molar-refractivity contribution >= 4 is 16.8 Å². The third-order valence-electron chi connectivity index (χ3n) is 2.55. The van der Waals surface area contributed by atoms with Crippen LogP contribution in [-0.4, -0.2) is 10.2 Å². The number of hydrogen-bond donors (Lipinski definition) is 0. The number of aromatic nitrogens is 1. The van der Waals surface area contributed by atoms with Crippen LogP contribution in [0.4, 0.5) is 13.2 Å². The lowest BCUT2D eigenvalue weighted by atomic mass is 10.2. The van der Waals surface area contributed by atoms with E-state index in [0.29, 0.717) is 17.5 Å². The molecule has 0 aliphatic heterocycles. The molecule has 1 aromatic carbocycles. The van der Waals surface area contributed by atoms with E-state index in [4.69, 9.17) is 16.3 Å². The molecular weight excluding hydrogens is 307 g/mol. The predicted molar refractivity (Wildman–Crippen MR) is 70.3 cm³/mol. The lowest BCUT2D eigenvalue weighted by Gasteiger charge is -2.08. The van der Waals surface area contributed by atoms with Crippen LogP contribution in [0.2, 0.25) is 0 Å². The molecule has 0 aliphatic carbocycles. The second-order valence-electron chi connectivity index (χ2n) is 4.16. The van der Waals surface area contributed by atoms with Crippen molar-refractivity contribution in [2.75, 3.05) is 0 Å². The van der Waals surface area contributed by atoms with Gasteiger partial charge in [0.2, 0.25) is 11.1 Å². The summed E-state index contributed by atoms with van der Waals surface area (Å²) >= 11 is 5.26. The quantitative estimate of drug-likeness (QED) is 0.794. The molecule has 7 heteroatoms. The molecule has 3 nitrogen and oxygen atoms in total. The van der Waals surface area contributed by atoms with Gasteiger partial charge in [-0.1, -0.05) is 12.1 Å². The molecule has 0 saturated heterocycles. The Morgan fingerprint density at radius 2 is 1.81 bits per heavy atom. The number of halogens is 4. The highest BCUT2D eigenvalue weighted by Crippen LogP contribution is 2.30. The van der Waals surface area contributed by atoms with E-state index >= 15 is 0 Å². The maximum absolute atomic E-state index is 12.4. The van der Waals surface area contributed by atoms with Crippen LogP contribution in [0, 0.1) is 0 Å². The number of carbonyl (C=O) groups excluding carboxylic acids is 1. The van der Waals surface area contributed by atoms with Crippen molar-refractivity contribution in [2.45, 2.75) is 12.6 Å². The maximum atomic E-state index is 12.4. The van der Waals surface area contributed by atoms with Crippen LogP contribution in [-0.2, 0) is 17.4 Å². The van der Waals surface area contributed by atoms with Crippen molar-refractivity contribution in [3.8, 4) is 11.6 Å². The fourth-order valence-electron chi connectivity index (χ4n) is 1.56. The first-order valence-corrected chi connectivity index (χ1v) is 6.21. The second-order valence-corrected chi connectivity index (χ2v) is 4.58. The van der Waals surface area contributed by atoms with E-state index < -0.39 is 17.0 Å². The Kier molecular flexibility index (Phi) is 4.47. The van der Waals surface area contributed by atoms with Crippen molar-refractivity contribution < 1.29 is 22.7 Å². The molecule has 1 aromatic heterocycles. The largest absolute Gasteiger partial charge is 0.439 e. The van der Waals surface area contributed by atoms with Gasteiger partial charge in [0.05, 0.1) is 5.56 Å². The van der Waals surface area contributed by atoms with E-state index in [1.807, 2.05) is 0 Å². The van der Waals surface area contributed by atoms with Gasteiger partial charge in [-0.15, -0.1) is 0 Å². The summed E-state index contributed by atoms with van der Waals surface area (Å²) in [6.07, 6.45) is -3.63. The van der Waals surface area contributed by atoms with E-state index in [9.17, 15) is 18.0 Å². The van der Waals surface area contributed by atoms with Gasteiger partial charge >= 0.3 is 6.18 Å². The molecule has 0 N–H and O–H groups in total. The number of alkyl halides is 3. The van der Waals surface area contributed by atoms with Gasteiger partial charge in [0.15, 0.2) is 0 Å². The molecule has 0 unspecified atom stereocenters. The number of carbonyl (C=O) groups is 1. The van der Waals surface area contributed by atoms with Crippen LogP contribution in [0.1, 0.15) is 11.1 Å². The van der Waals surface area contributed by atoms with Gasteiger partial charge in [0.1, 0.15) is 5.75 Å². The molecule has 0 fully saturated rings. The zero-order valence-electron chi connectivity index (χ0n) is 10.5. The molecule has 0 amide bonds. The summed E-state index contributed by atoms with van der Waals surface area (Å²) < 4.78 is 42.4. The van der Waals surface area contributed by atoms with Crippen molar-refractivity contribution in [1.29, 1.82) is 0 Å². The molecule has 0 radical (unpaired) electrons. The lowest BCUT2D eigenvalue weighted by Crippen LogP contribution is -2.05. The molecule has 0 spiro atoms. The fraction of sp³-hybridized carbons (Fsp3) is 0.143. The minimum Gasteiger partial charge on any atom is -0.439 e. The van der Waals surface area contributed by atoms with E-state index in [0.717, 1.165) is 12.1 Å². The van der Waals surface area contributed by atoms with Crippen molar-refractivity contribution in [3.63, 3.8) is 0 Å². The van der Waals surface area contributed by atoms with Crippen LogP contribution in [0.3, 0.4) is 0 Å². The highest BCUT2D eigenvalue weighted by atomic mass is 35.5. The maximum Gasteiger partial charge on any atom is 0.417 e. The molecule has 2 aromatic rings. The molecule has 2 rings (SSSR count). The Balaban J connectivity index is 2.06. The van der Waals surface area contributed by atoms with Crippen molar-refractivity contribution in [1.82, 2.24) is 4.98 Å². The molecule has 0 aliphatic rings. The van der Waals surface area contributed by atoms with E-state index in [1.165, 1.54) is 0 Å². The average molecular weight is 316 g/mol. The van der Waals surface area contributed by atoms with Gasteiger partial charge in [-0.05, 0) is 35.4 Å². The van der Waals surface area contributed by atoms with Crippen LogP contribution in [0.15, 0.2) is 42.6 Å². The Labute approximate surface area is 123 Å². The van der Waals surface area contributed by atoms with Gasteiger partial charge in [-0.3, -0.25) is 4.79 Å². The topological polar surface area (TPSA) is 39.2 Å². The smallest absolute Gasteiger partial charge is 0.417 e. The van der Waals surface area contributed by atoms with Crippen LogP contribution >= 0.6 is 11.6 Å². The molecule has 0 saturated carbocycles. The highest BCUT2D eigenvalue weighted by molar-refractivity contribution is 6.63. The van der Waals surface area contributed by atoms with Gasteiger partial charge in [0.25, 0.3) is 0 Å². The van der Waals surface area contributed by atoms with E-state index in [-0.39, 0.29) is 12.3 Å². The predicted octanol–water partition coefficient (Wildman–Crippen LogP) is 4.20. The van der Waals surface area contributed by atoms with E-state index in [1.54, 1.807) is 24.3 Å². The van der Waals surface area contributed by atoms with Crippen molar-refractivity contribution in [3.05, 3.63) is 53.7 Å². The summed E-state index contributed by atoms with van der Waals surface area (Å²) in [6.45, 7) is 0. The highest BCUT2D eigenvalue weighted by Gasteiger charge is 2.30. The Hall–Kier alpha value is -2.08. The number of rotatable bonds is 4. The lowest BCUT2D eigenvalue weighted by molar-refractivity contribution is -0.137. The normalized spacial score (nSPS) is 11.2. The summed E-state index contributed by atoms with van der Waals surface area (Å²) in [5, 5.41) is -0.479. The first-order valence-electron chi connectivity index (χ1n) is 5.83. The first-order chi connectivity index (χ1) is 9.84. The van der Waals surface area contributed by atoms with Gasteiger partial charge in [-0.2, -0.15) is 13.2 Å². The third-order valence-corrected chi connectivity index (χ3v) is 2.69. The number of nitrogens with zero attached hydrogens (tertiary/aromatic N) is 1. The monoisotopic (exact) mass is 315 g/mol. The number of benzene rings is 1. The van der Waals surface area contributed by atoms with Crippen LogP contribution < -0.4 is 4.74 Å². The molecule has 0 atom stereocenters. The molecule has 21 heavy (non-hydrogen) atoms. The average Bonchev–Trinajstić information content (AvgIpc) is 2.40. The number of pyridine rings is 1. The van der Waals surface area contributed by atoms with Gasteiger partial charge in [0, 0.05) is 18.7 Å². The molecule has 1 heterocycles. The van der Waals surface area contributed by atoms with E-state index in [2.05, 4.69) is 4.98 Å². The zero-order chi connectivity index (χ0) is 15.5. The summed E-state index contributed by atoms with van der Waals surface area (Å²) in [4.78, 5) is 14.3. The number of ether oxygens (including phenoxy) is 1. The number of hydrogen-bond acceptors (Lipinski definition) is 3. The Morgan fingerprint density at radius 3 is 2.29 bits per heavy atom. The van der Waals surface area contributed by atoms with Gasteiger partial charge in [-0.25, -0.2) is 4.98 Å². The summed E-state index contributed by atoms with van der Waals surface area (Å²) in [5.41, 5.74) is -0.131. The minimum absolute atomic E-state index is 0.0455. The summed E-state index contributed by atoms with van der Waals surface area (Å²) in [5.74, 6) is 0.442. The molecule has 110 valence electrons. The minimum atomic E-state index is -4.43. The molecular formula is C14H9ClF3NO2. The summed E-state index contributed by atoms with van der Waals surface area (Å²) in [7, 11) is 0. The van der Waals surface area contributed by atoms with Crippen LogP contribution in [0.25, 0.3) is 0 Å². The zero-order valence-corrected chi connectivity index (χ0v) is 11.3. The van der Waals surface area contributed by atoms with Crippen LogP contribution in [0.5, 0.6) is 11.6 Å². The third kappa shape index (κ3) is 4.46. The van der Waals surface area contributed by atoms with Crippen molar-refractivity contribution in [2.24, 2.45) is 0 Å². The SMILES string of the molecule is O=C(Cl)Cc1ccc(Oc2ccc(C(F)(F)F)cn2)cc1. The second kappa shape index (κ2) is 6.13. The molecule has 0 bridgehead atoms.